The highest BCUT2D eigenvalue weighted by molar-refractivity contribution is 6.81. The molecule has 0 amide bonds. The standard InChI is InChI=1S/C12H21NO2Si/c1-6-16(14-4,15-5)12-9-7-11(8-10-12)13(2)3/h7-10H,6H2,1-5H3. The molecule has 0 aliphatic heterocycles. The van der Waals surface area contributed by atoms with Crippen LogP contribution in [0.5, 0.6) is 0 Å². The summed E-state index contributed by atoms with van der Waals surface area (Å²) in [5.41, 5.74) is 1.19. The second-order valence-corrected chi connectivity index (χ2v) is 7.56. The summed E-state index contributed by atoms with van der Waals surface area (Å²) in [6.07, 6.45) is 0. The molecule has 1 rings (SSSR count). The molecule has 0 N–H and O–H groups in total. The first kappa shape index (κ1) is 13.2. The Balaban J connectivity index is 3.03. The second-order valence-electron chi connectivity index (χ2n) is 3.96. The van der Waals surface area contributed by atoms with Gasteiger partial charge in [-0.15, -0.1) is 0 Å². The third-order valence-electron chi connectivity index (χ3n) is 2.95. The lowest BCUT2D eigenvalue weighted by Crippen LogP contribution is -2.51. The van der Waals surface area contributed by atoms with Crippen LogP contribution in [0.1, 0.15) is 6.92 Å². The van der Waals surface area contributed by atoms with Crippen molar-refractivity contribution in [3.05, 3.63) is 24.3 Å². The Hall–Kier alpha value is -0.843. The van der Waals surface area contributed by atoms with Gasteiger partial charge in [-0.05, 0) is 23.4 Å². The van der Waals surface area contributed by atoms with Crippen LogP contribution in [0.3, 0.4) is 0 Å². The van der Waals surface area contributed by atoms with Gasteiger partial charge >= 0.3 is 8.56 Å². The summed E-state index contributed by atoms with van der Waals surface area (Å²) in [6, 6.07) is 9.34. The van der Waals surface area contributed by atoms with E-state index in [9.17, 15) is 0 Å². The smallest absolute Gasteiger partial charge is 0.371 e. The highest BCUT2D eigenvalue weighted by Crippen LogP contribution is 2.14. The van der Waals surface area contributed by atoms with Gasteiger partial charge in [-0.2, -0.15) is 0 Å². The molecular weight excluding hydrogens is 218 g/mol. The Morgan fingerprint density at radius 1 is 1.06 bits per heavy atom. The normalized spacial score (nSPS) is 11.6. The average molecular weight is 239 g/mol. The Kier molecular flexibility index (Phi) is 4.52. The van der Waals surface area contributed by atoms with Gasteiger partial charge in [0.15, 0.2) is 0 Å². The van der Waals surface area contributed by atoms with Crippen LogP contribution in [0, 0.1) is 0 Å². The van der Waals surface area contributed by atoms with E-state index < -0.39 is 8.56 Å². The highest BCUT2D eigenvalue weighted by Gasteiger charge is 2.35. The molecule has 0 aromatic heterocycles. The Labute approximate surface area is 99.2 Å². The quantitative estimate of drug-likeness (QED) is 0.730. The fourth-order valence-corrected chi connectivity index (χ4v) is 4.12. The monoisotopic (exact) mass is 239 g/mol. The Bertz CT molecular complexity index is 312. The summed E-state index contributed by atoms with van der Waals surface area (Å²) in [5.74, 6) is 0. The SMILES string of the molecule is CC[Si](OC)(OC)c1ccc(N(C)C)cc1. The van der Waals surface area contributed by atoms with E-state index in [0.717, 1.165) is 6.04 Å². The van der Waals surface area contributed by atoms with Crippen LogP contribution in [0.15, 0.2) is 24.3 Å². The summed E-state index contributed by atoms with van der Waals surface area (Å²) < 4.78 is 11.3. The number of benzene rings is 1. The van der Waals surface area contributed by atoms with E-state index in [2.05, 4.69) is 36.1 Å². The molecule has 90 valence electrons. The van der Waals surface area contributed by atoms with E-state index >= 15 is 0 Å². The molecule has 0 spiro atoms. The molecule has 1 aromatic carbocycles. The van der Waals surface area contributed by atoms with Crippen LogP contribution >= 0.6 is 0 Å². The minimum absolute atomic E-state index is 0.918. The molecule has 0 atom stereocenters. The minimum Gasteiger partial charge on any atom is -0.394 e. The number of rotatable bonds is 5. The van der Waals surface area contributed by atoms with Crippen molar-refractivity contribution in [2.75, 3.05) is 33.2 Å². The topological polar surface area (TPSA) is 21.7 Å². The summed E-state index contributed by atoms with van der Waals surface area (Å²) in [5, 5.41) is 1.19. The van der Waals surface area contributed by atoms with Crippen molar-refractivity contribution < 1.29 is 8.85 Å². The van der Waals surface area contributed by atoms with Gasteiger partial charge in [0.25, 0.3) is 0 Å². The fraction of sp³-hybridized carbons (Fsp3) is 0.500. The van der Waals surface area contributed by atoms with Gasteiger partial charge in [-0.1, -0.05) is 19.1 Å². The van der Waals surface area contributed by atoms with E-state index in [1.807, 2.05) is 14.1 Å². The summed E-state index contributed by atoms with van der Waals surface area (Å²) in [6.45, 7) is 2.11. The van der Waals surface area contributed by atoms with E-state index in [0.29, 0.717) is 0 Å². The zero-order valence-electron chi connectivity index (χ0n) is 10.8. The van der Waals surface area contributed by atoms with Gasteiger partial charge in [-0.3, -0.25) is 0 Å². The van der Waals surface area contributed by atoms with Crippen LogP contribution in [-0.4, -0.2) is 36.9 Å². The number of hydrogen-bond acceptors (Lipinski definition) is 3. The van der Waals surface area contributed by atoms with Crippen LogP contribution in [0.25, 0.3) is 0 Å². The zero-order valence-corrected chi connectivity index (χ0v) is 11.8. The van der Waals surface area contributed by atoms with Crippen molar-refractivity contribution in [2.24, 2.45) is 0 Å². The van der Waals surface area contributed by atoms with Gasteiger partial charge in [0, 0.05) is 34.0 Å². The third-order valence-corrected chi connectivity index (χ3v) is 6.41. The molecular formula is C12H21NO2Si. The van der Waals surface area contributed by atoms with Crippen LogP contribution in [0.4, 0.5) is 5.69 Å². The first-order chi connectivity index (χ1) is 7.59. The van der Waals surface area contributed by atoms with E-state index in [4.69, 9.17) is 8.85 Å². The lowest BCUT2D eigenvalue weighted by Gasteiger charge is -2.26. The molecule has 0 heterocycles. The Morgan fingerprint density at radius 2 is 1.56 bits per heavy atom. The number of anilines is 1. The maximum Gasteiger partial charge on any atom is 0.371 e. The number of hydrogen-bond donors (Lipinski definition) is 0. The summed E-state index contributed by atoms with van der Waals surface area (Å²) >= 11 is 0. The molecule has 0 aliphatic rings. The first-order valence-electron chi connectivity index (χ1n) is 5.47. The molecule has 0 saturated carbocycles. The van der Waals surface area contributed by atoms with E-state index in [1.54, 1.807) is 14.2 Å². The average Bonchev–Trinajstić information content (AvgIpc) is 2.33. The van der Waals surface area contributed by atoms with E-state index in [1.165, 1.54) is 10.9 Å². The maximum absolute atomic E-state index is 5.63. The van der Waals surface area contributed by atoms with E-state index in [-0.39, 0.29) is 0 Å². The molecule has 4 heteroatoms. The Morgan fingerprint density at radius 3 is 1.88 bits per heavy atom. The molecule has 0 fully saturated rings. The molecule has 0 radical (unpaired) electrons. The predicted octanol–water partition coefficient (Wildman–Crippen LogP) is 1.71. The molecule has 0 bridgehead atoms. The van der Waals surface area contributed by atoms with Crippen molar-refractivity contribution in [1.29, 1.82) is 0 Å². The van der Waals surface area contributed by atoms with Gasteiger partial charge in [0.1, 0.15) is 0 Å². The molecule has 1 aromatic rings. The molecule has 0 unspecified atom stereocenters. The van der Waals surface area contributed by atoms with Gasteiger partial charge in [-0.25, -0.2) is 0 Å². The molecule has 16 heavy (non-hydrogen) atoms. The first-order valence-corrected chi connectivity index (χ1v) is 7.50. The zero-order chi connectivity index (χ0) is 12.2. The van der Waals surface area contributed by atoms with Crippen LogP contribution in [0.2, 0.25) is 6.04 Å². The largest absolute Gasteiger partial charge is 0.394 e. The van der Waals surface area contributed by atoms with Crippen molar-refractivity contribution in [1.82, 2.24) is 0 Å². The van der Waals surface area contributed by atoms with Crippen LogP contribution in [-0.2, 0) is 8.85 Å². The van der Waals surface area contributed by atoms with Crippen molar-refractivity contribution in [2.45, 2.75) is 13.0 Å². The van der Waals surface area contributed by atoms with Gasteiger partial charge in [0.05, 0.1) is 0 Å². The van der Waals surface area contributed by atoms with Gasteiger partial charge in [0.2, 0.25) is 0 Å². The summed E-state index contributed by atoms with van der Waals surface area (Å²) in [7, 11) is 5.37. The van der Waals surface area contributed by atoms with Crippen molar-refractivity contribution in [3.8, 4) is 0 Å². The lowest BCUT2D eigenvalue weighted by atomic mass is 10.3. The second kappa shape index (κ2) is 5.47. The van der Waals surface area contributed by atoms with Crippen molar-refractivity contribution in [3.63, 3.8) is 0 Å². The molecule has 0 aliphatic carbocycles. The van der Waals surface area contributed by atoms with Crippen molar-refractivity contribution >= 4 is 19.4 Å². The highest BCUT2D eigenvalue weighted by atomic mass is 28.4. The summed E-state index contributed by atoms with van der Waals surface area (Å²) in [4.78, 5) is 2.08. The molecule has 3 nitrogen and oxygen atoms in total. The van der Waals surface area contributed by atoms with Crippen LogP contribution < -0.4 is 10.1 Å². The van der Waals surface area contributed by atoms with Gasteiger partial charge < -0.3 is 13.8 Å². The minimum atomic E-state index is -2.17. The lowest BCUT2D eigenvalue weighted by molar-refractivity contribution is 0.259. The maximum atomic E-state index is 5.63. The molecule has 0 saturated heterocycles. The number of nitrogens with zero attached hydrogens (tertiary/aromatic N) is 1. The fourth-order valence-electron chi connectivity index (χ4n) is 1.83. The predicted molar refractivity (Wildman–Crippen MR) is 70.7 cm³/mol. The third kappa shape index (κ3) is 2.45.